The largest absolute Gasteiger partial charge is 0.384 e. The van der Waals surface area contributed by atoms with Gasteiger partial charge in [0.05, 0.1) is 6.61 Å². The molecular formula is C15H24ClNO. The molecule has 102 valence electrons. The predicted molar refractivity (Wildman–Crippen MR) is 78.3 cm³/mol. The number of rotatable bonds is 6. The minimum absolute atomic E-state index is 0.131. The highest BCUT2D eigenvalue weighted by Gasteiger charge is 2.15. The molecule has 2 nitrogen and oxygen atoms in total. The molecule has 0 aliphatic carbocycles. The van der Waals surface area contributed by atoms with Crippen molar-refractivity contribution in [2.24, 2.45) is 5.92 Å². The molecule has 0 radical (unpaired) electrons. The van der Waals surface area contributed by atoms with Gasteiger partial charge in [-0.05, 0) is 44.7 Å². The molecule has 1 aromatic rings. The number of hydrogen-bond donors (Lipinski definition) is 1. The zero-order valence-corrected chi connectivity index (χ0v) is 12.6. The summed E-state index contributed by atoms with van der Waals surface area (Å²) in [5.74, 6) is 0.439. The van der Waals surface area contributed by atoms with Crippen LogP contribution < -0.4 is 5.32 Å². The van der Waals surface area contributed by atoms with Gasteiger partial charge in [-0.25, -0.2) is 0 Å². The molecule has 0 saturated carbocycles. The van der Waals surface area contributed by atoms with Crippen LogP contribution in [-0.2, 0) is 11.2 Å². The van der Waals surface area contributed by atoms with Gasteiger partial charge in [0.15, 0.2) is 0 Å². The lowest BCUT2D eigenvalue weighted by Gasteiger charge is -2.25. The lowest BCUT2D eigenvalue weighted by atomic mass is 9.98. The molecule has 0 bridgehead atoms. The van der Waals surface area contributed by atoms with Crippen LogP contribution in [0, 0.1) is 5.92 Å². The number of methoxy groups -OCH3 is 1. The molecule has 0 heterocycles. The van der Waals surface area contributed by atoms with Crippen LogP contribution in [0.25, 0.3) is 0 Å². The van der Waals surface area contributed by atoms with Crippen LogP contribution >= 0.6 is 11.6 Å². The first-order chi connectivity index (χ1) is 8.42. The Morgan fingerprint density at radius 2 is 1.94 bits per heavy atom. The maximum absolute atomic E-state index is 6.20. The van der Waals surface area contributed by atoms with Gasteiger partial charge in [-0.3, -0.25) is 0 Å². The molecule has 0 fully saturated rings. The third kappa shape index (κ3) is 5.85. The van der Waals surface area contributed by atoms with Gasteiger partial charge in [-0.2, -0.15) is 0 Å². The van der Waals surface area contributed by atoms with Crippen LogP contribution in [0.5, 0.6) is 0 Å². The fourth-order valence-electron chi connectivity index (χ4n) is 1.85. The molecule has 0 aliphatic heterocycles. The van der Waals surface area contributed by atoms with Gasteiger partial charge in [0, 0.05) is 24.2 Å². The van der Waals surface area contributed by atoms with E-state index in [4.69, 9.17) is 16.3 Å². The molecule has 1 atom stereocenters. The summed E-state index contributed by atoms with van der Waals surface area (Å²) in [7, 11) is 1.75. The van der Waals surface area contributed by atoms with Crippen LogP contribution in [0.2, 0.25) is 5.02 Å². The lowest BCUT2D eigenvalue weighted by Crippen LogP contribution is -2.40. The Morgan fingerprint density at radius 1 is 1.28 bits per heavy atom. The monoisotopic (exact) mass is 269 g/mol. The third-order valence-corrected chi connectivity index (χ3v) is 3.16. The zero-order chi connectivity index (χ0) is 13.6. The third-order valence-electron chi connectivity index (χ3n) is 2.79. The van der Waals surface area contributed by atoms with Crippen LogP contribution in [0.3, 0.4) is 0 Å². The minimum atomic E-state index is 0.131. The zero-order valence-electron chi connectivity index (χ0n) is 11.8. The smallest absolute Gasteiger partial charge is 0.0505 e. The normalized spacial score (nSPS) is 13.6. The molecule has 1 N–H and O–H groups in total. The average molecular weight is 270 g/mol. The van der Waals surface area contributed by atoms with E-state index in [1.165, 1.54) is 5.56 Å². The second-order valence-corrected chi connectivity index (χ2v) is 6.16. The maximum atomic E-state index is 6.20. The summed E-state index contributed by atoms with van der Waals surface area (Å²) < 4.78 is 5.30. The quantitative estimate of drug-likeness (QED) is 0.853. The van der Waals surface area contributed by atoms with Crippen molar-refractivity contribution in [3.8, 4) is 0 Å². The molecule has 1 rings (SSSR count). The first kappa shape index (κ1) is 15.5. The molecule has 3 heteroatoms. The van der Waals surface area contributed by atoms with Gasteiger partial charge in [-0.1, -0.05) is 29.8 Å². The lowest BCUT2D eigenvalue weighted by molar-refractivity contribution is 0.146. The van der Waals surface area contributed by atoms with Gasteiger partial charge in [-0.15, -0.1) is 0 Å². The summed E-state index contributed by atoms with van der Waals surface area (Å²) in [6, 6.07) is 8.02. The van der Waals surface area contributed by atoms with Crippen molar-refractivity contribution >= 4 is 11.6 Å². The Balaban J connectivity index is 2.60. The Morgan fingerprint density at radius 3 is 2.50 bits per heavy atom. The highest BCUT2D eigenvalue weighted by atomic mass is 35.5. The van der Waals surface area contributed by atoms with E-state index < -0.39 is 0 Å². The van der Waals surface area contributed by atoms with Gasteiger partial charge in [0.1, 0.15) is 0 Å². The number of benzene rings is 1. The molecule has 1 unspecified atom stereocenters. The number of nitrogens with one attached hydrogen (secondary N) is 1. The molecule has 0 spiro atoms. The van der Waals surface area contributed by atoms with Gasteiger partial charge < -0.3 is 10.1 Å². The Labute approximate surface area is 116 Å². The topological polar surface area (TPSA) is 21.3 Å². The molecule has 1 aromatic carbocycles. The first-order valence-electron chi connectivity index (χ1n) is 6.40. The Hall–Kier alpha value is -0.570. The minimum Gasteiger partial charge on any atom is -0.384 e. The van der Waals surface area contributed by atoms with E-state index >= 15 is 0 Å². The van der Waals surface area contributed by atoms with E-state index in [0.717, 1.165) is 24.6 Å². The van der Waals surface area contributed by atoms with Crippen LogP contribution in [0.4, 0.5) is 0 Å². The highest BCUT2D eigenvalue weighted by molar-refractivity contribution is 6.31. The van der Waals surface area contributed by atoms with Crippen molar-refractivity contribution in [1.29, 1.82) is 0 Å². The fraction of sp³-hybridized carbons (Fsp3) is 0.600. The van der Waals surface area contributed by atoms with Crippen LogP contribution in [-0.4, -0.2) is 25.8 Å². The summed E-state index contributed by atoms with van der Waals surface area (Å²) in [4.78, 5) is 0. The van der Waals surface area contributed by atoms with Gasteiger partial charge in [0.25, 0.3) is 0 Å². The molecule has 0 aromatic heterocycles. The highest BCUT2D eigenvalue weighted by Crippen LogP contribution is 2.19. The summed E-state index contributed by atoms with van der Waals surface area (Å²) in [5, 5.41) is 4.37. The van der Waals surface area contributed by atoms with E-state index in [-0.39, 0.29) is 5.54 Å². The van der Waals surface area contributed by atoms with E-state index in [2.05, 4.69) is 32.2 Å². The first-order valence-corrected chi connectivity index (χ1v) is 6.77. The van der Waals surface area contributed by atoms with Gasteiger partial charge >= 0.3 is 0 Å². The SMILES string of the molecule is COCC(CNC(C)(C)C)Cc1ccccc1Cl. The molecule has 0 amide bonds. The van der Waals surface area contributed by atoms with Gasteiger partial charge in [0.2, 0.25) is 0 Å². The number of hydrogen-bond acceptors (Lipinski definition) is 2. The molecule has 0 aliphatic rings. The van der Waals surface area contributed by atoms with Crippen LogP contribution in [0.15, 0.2) is 24.3 Å². The number of ether oxygens (including phenoxy) is 1. The molecule has 0 saturated heterocycles. The van der Waals surface area contributed by atoms with E-state index in [1.807, 2.05) is 18.2 Å². The van der Waals surface area contributed by atoms with Crippen molar-refractivity contribution in [2.75, 3.05) is 20.3 Å². The van der Waals surface area contributed by atoms with Crippen molar-refractivity contribution in [1.82, 2.24) is 5.32 Å². The van der Waals surface area contributed by atoms with Crippen molar-refractivity contribution in [3.63, 3.8) is 0 Å². The standard InChI is InChI=1S/C15H24ClNO/c1-15(2,3)17-10-12(11-18-4)9-13-7-5-6-8-14(13)16/h5-8,12,17H,9-11H2,1-4H3. The van der Waals surface area contributed by atoms with Crippen molar-refractivity contribution in [3.05, 3.63) is 34.9 Å². The average Bonchev–Trinajstić information content (AvgIpc) is 2.28. The van der Waals surface area contributed by atoms with E-state index in [1.54, 1.807) is 7.11 Å². The van der Waals surface area contributed by atoms with Crippen LogP contribution in [0.1, 0.15) is 26.3 Å². The molecule has 18 heavy (non-hydrogen) atoms. The summed E-state index contributed by atoms with van der Waals surface area (Å²) in [5.41, 5.74) is 1.32. The van der Waals surface area contributed by atoms with Crippen molar-refractivity contribution in [2.45, 2.75) is 32.7 Å². The maximum Gasteiger partial charge on any atom is 0.0505 e. The second-order valence-electron chi connectivity index (χ2n) is 5.75. The Bertz CT molecular complexity index is 360. The summed E-state index contributed by atoms with van der Waals surface area (Å²) >= 11 is 6.20. The van der Waals surface area contributed by atoms with E-state index in [0.29, 0.717) is 5.92 Å². The van der Waals surface area contributed by atoms with E-state index in [9.17, 15) is 0 Å². The molecular weight excluding hydrogens is 246 g/mol. The van der Waals surface area contributed by atoms with Crippen molar-refractivity contribution < 1.29 is 4.74 Å². The summed E-state index contributed by atoms with van der Waals surface area (Å²) in [6.07, 6.45) is 0.941. The summed E-state index contributed by atoms with van der Waals surface area (Å²) in [6.45, 7) is 8.20. The fourth-order valence-corrected chi connectivity index (χ4v) is 2.06. The predicted octanol–water partition coefficient (Wildman–Crippen LogP) is 3.53. The Kier molecular flexibility index (Phi) is 6.13. The number of halogens is 1. The second kappa shape index (κ2) is 7.13.